The number of phosphoric acid groups is 1. The van der Waals surface area contributed by atoms with Crippen LogP contribution in [0.2, 0.25) is 0 Å². The molecule has 2 rings (SSSR count). The minimum absolute atomic E-state index is 0.0155. The number of fused-ring (bicyclic) bond motifs is 1. The van der Waals surface area contributed by atoms with Gasteiger partial charge < -0.3 is 19.7 Å². The van der Waals surface area contributed by atoms with Gasteiger partial charge in [0.25, 0.3) is 0 Å². The van der Waals surface area contributed by atoms with Gasteiger partial charge in [0.2, 0.25) is 0 Å². The maximum Gasteiger partial charge on any atom is 0.472 e. The first kappa shape index (κ1) is 27.7. The van der Waals surface area contributed by atoms with Crippen LogP contribution in [0.1, 0.15) is 90.9 Å². The van der Waals surface area contributed by atoms with Gasteiger partial charge in [-0.2, -0.15) is 0 Å². The third kappa shape index (κ3) is 9.37. The van der Waals surface area contributed by atoms with E-state index < -0.39 is 13.9 Å². The molecule has 188 valence electrons. The van der Waals surface area contributed by atoms with E-state index in [-0.39, 0.29) is 37.8 Å². The molecule has 2 aliphatic rings. The van der Waals surface area contributed by atoms with Gasteiger partial charge >= 0.3 is 25.9 Å². The van der Waals surface area contributed by atoms with Crippen LogP contribution in [0.25, 0.3) is 0 Å². The smallest absolute Gasteiger partial charge is 0.452 e. The van der Waals surface area contributed by atoms with Crippen LogP contribution < -0.4 is 5.73 Å². The highest BCUT2D eigenvalue weighted by Gasteiger charge is 2.94. The van der Waals surface area contributed by atoms with E-state index in [2.05, 4.69) is 18.2 Å². The molecule has 0 aromatic rings. The van der Waals surface area contributed by atoms with E-state index in [4.69, 9.17) is 24.3 Å². The number of rotatable bonds is 21. The fourth-order valence-corrected chi connectivity index (χ4v) is 4.63. The lowest BCUT2D eigenvalue weighted by molar-refractivity contribution is -0.243. The van der Waals surface area contributed by atoms with Gasteiger partial charge in [-0.3, -0.25) is 13.8 Å². The Bertz CT molecular complexity index is 606. The Balaban J connectivity index is 1.75. The summed E-state index contributed by atoms with van der Waals surface area (Å²) >= 11 is 0. The Hall–Kier alpha value is -0.540. The number of carbonyl (C=O) groups is 1. The molecule has 3 N–H and O–H groups in total. The molecule has 4 atom stereocenters. The van der Waals surface area contributed by atoms with Crippen LogP contribution in [0, 0.1) is 0 Å². The SMILES string of the molecule is CCCCCCCCC[C@@]12O[C@@H]1[O+]2C[C@H](COP(=O)(O)OCCN)OC(=O)CCCCC. The molecule has 0 amide bonds. The summed E-state index contributed by atoms with van der Waals surface area (Å²) in [5.41, 5.74) is 5.30. The Labute approximate surface area is 192 Å². The second kappa shape index (κ2) is 14.0. The molecular weight excluding hydrogens is 437 g/mol. The number of unbranched alkanes of at least 4 members (excludes halogenated alkanes) is 8. The molecule has 0 aromatic heterocycles. The predicted molar refractivity (Wildman–Crippen MR) is 121 cm³/mol. The van der Waals surface area contributed by atoms with Gasteiger partial charge in [0.05, 0.1) is 13.0 Å². The number of hydrogen-bond acceptors (Lipinski definition) is 7. The van der Waals surface area contributed by atoms with E-state index in [1.165, 1.54) is 38.5 Å². The van der Waals surface area contributed by atoms with Crippen molar-refractivity contribution >= 4 is 13.8 Å². The minimum Gasteiger partial charge on any atom is -0.452 e. The van der Waals surface area contributed by atoms with Crippen molar-refractivity contribution in [3.63, 3.8) is 0 Å². The molecule has 0 spiro atoms. The summed E-state index contributed by atoms with van der Waals surface area (Å²) in [4.78, 5) is 22.0. The molecule has 0 aliphatic carbocycles. The van der Waals surface area contributed by atoms with Gasteiger partial charge in [-0.1, -0.05) is 65.2 Å². The quantitative estimate of drug-likeness (QED) is 0.0818. The standard InChI is InChI=1S/C22H42NO8P/c1-3-5-7-8-9-10-12-14-22-21(30-22)31(22)18-19(29-20(24)13-11-6-4-2)17-28-32(25,26)27-16-15-23/h19,21H,3-18,23H2,1-2H3/p+1/t19-,21+,22-/m0/s1. The number of ether oxygens (including phenoxy) is 2. The number of epoxide rings is 2. The monoisotopic (exact) mass is 480 g/mol. The highest BCUT2D eigenvalue weighted by atomic mass is 31.2. The molecule has 2 aliphatic heterocycles. The maximum absolute atomic E-state index is 12.2. The molecule has 0 aromatic carbocycles. The zero-order valence-corrected chi connectivity index (χ0v) is 20.7. The number of carbonyl (C=O) groups excluding carboxylic acids is 1. The first-order valence-electron chi connectivity index (χ1n) is 12.3. The van der Waals surface area contributed by atoms with Crippen molar-refractivity contribution in [2.45, 2.75) is 109 Å². The van der Waals surface area contributed by atoms with E-state index in [1.54, 1.807) is 0 Å². The topological polar surface area (TPSA) is 123 Å². The highest BCUT2D eigenvalue weighted by molar-refractivity contribution is 7.47. The lowest BCUT2D eigenvalue weighted by atomic mass is 10.1. The van der Waals surface area contributed by atoms with Gasteiger partial charge in [0.15, 0.2) is 12.7 Å². The molecular formula is C22H43NO8P+. The van der Waals surface area contributed by atoms with E-state index in [0.717, 1.165) is 32.1 Å². The van der Waals surface area contributed by atoms with Crippen molar-refractivity contribution in [3.05, 3.63) is 0 Å². The summed E-state index contributed by atoms with van der Waals surface area (Å²) in [5.74, 6) is -0.643. The van der Waals surface area contributed by atoms with Crippen molar-refractivity contribution in [3.8, 4) is 0 Å². The lowest BCUT2D eigenvalue weighted by Gasteiger charge is -2.20. The molecule has 10 heteroatoms. The van der Waals surface area contributed by atoms with Crippen LogP contribution in [-0.4, -0.2) is 55.4 Å². The number of esters is 1. The van der Waals surface area contributed by atoms with Crippen molar-refractivity contribution in [1.29, 1.82) is 0 Å². The third-order valence-electron chi connectivity index (χ3n) is 5.83. The van der Waals surface area contributed by atoms with Crippen LogP contribution in [0.3, 0.4) is 0 Å². The van der Waals surface area contributed by atoms with Crippen LogP contribution in [0.4, 0.5) is 0 Å². The fourth-order valence-electron chi connectivity index (χ4n) is 3.86. The van der Waals surface area contributed by atoms with Crippen LogP contribution in [-0.2, 0) is 32.2 Å². The summed E-state index contributed by atoms with van der Waals surface area (Å²) in [6.07, 6.45) is 11.9. The van der Waals surface area contributed by atoms with E-state index in [9.17, 15) is 14.3 Å². The Morgan fingerprint density at radius 3 is 2.41 bits per heavy atom. The second-order valence-electron chi connectivity index (χ2n) is 8.68. The number of nitrogens with two attached hydrogens (primary N) is 1. The van der Waals surface area contributed by atoms with Gasteiger partial charge in [-0.15, -0.1) is 0 Å². The summed E-state index contributed by atoms with van der Waals surface area (Å²) in [6, 6.07) is 0. The van der Waals surface area contributed by atoms with Crippen LogP contribution in [0.15, 0.2) is 0 Å². The number of phosphoric ester groups is 1. The van der Waals surface area contributed by atoms with Gasteiger partial charge in [-0.05, 0) is 12.8 Å². The third-order valence-corrected chi connectivity index (χ3v) is 6.81. The van der Waals surface area contributed by atoms with E-state index >= 15 is 0 Å². The number of hydrogen-bond donors (Lipinski definition) is 2. The molecule has 0 radical (unpaired) electrons. The molecule has 2 heterocycles. The normalized spacial score (nSPS) is 24.6. The lowest BCUT2D eigenvalue weighted by Crippen LogP contribution is -2.32. The maximum atomic E-state index is 12.2. The van der Waals surface area contributed by atoms with E-state index in [0.29, 0.717) is 13.0 Å². The van der Waals surface area contributed by atoms with Crippen LogP contribution in [0.5, 0.6) is 0 Å². The first-order valence-corrected chi connectivity index (χ1v) is 13.8. The molecule has 2 saturated heterocycles. The largest absolute Gasteiger partial charge is 0.472 e. The van der Waals surface area contributed by atoms with Gasteiger partial charge in [0.1, 0.15) is 6.61 Å². The first-order chi connectivity index (χ1) is 15.4. The van der Waals surface area contributed by atoms with Crippen LogP contribution >= 0.6 is 7.82 Å². The Morgan fingerprint density at radius 1 is 1.09 bits per heavy atom. The summed E-state index contributed by atoms with van der Waals surface area (Å²) in [7, 11) is -4.24. The zero-order valence-electron chi connectivity index (χ0n) is 19.8. The summed E-state index contributed by atoms with van der Waals surface area (Å²) in [5, 5.41) is 0. The molecule has 32 heavy (non-hydrogen) atoms. The summed E-state index contributed by atoms with van der Waals surface area (Å²) in [6.45, 7) is 4.40. The van der Waals surface area contributed by atoms with Crippen molar-refractivity contribution < 1.29 is 37.1 Å². The van der Waals surface area contributed by atoms with Crippen molar-refractivity contribution in [2.24, 2.45) is 5.73 Å². The summed E-state index contributed by atoms with van der Waals surface area (Å²) < 4.78 is 36.1. The average Bonchev–Trinajstić information content (AvgIpc) is 3.63. The zero-order chi connectivity index (χ0) is 23.5. The Kier molecular flexibility index (Phi) is 12.1. The second-order valence-corrected chi connectivity index (χ2v) is 10.1. The molecule has 0 bridgehead atoms. The Morgan fingerprint density at radius 2 is 1.75 bits per heavy atom. The molecule has 1 unspecified atom stereocenters. The minimum atomic E-state index is -4.24. The predicted octanol–water partition coefficient (Wildman–Crippen LogP) is 4.33. The van der Waals surface area contributed by atoms with Gasteiger partial charge in [-0.25, -0.2) is 9.30 Å². The van der Waals surface area contributed by atoms with Crippen molar-refractivity contribution in [2.75, 3.05) is 26.4 Å². The van der Waals surface area contributed by atoms with Gasteiger partial charge in [0, 0.05) is 13.0 Å². The molecule has 2 fully saturated rings. The average molecular weight is 481 g/mol. The highest BCUT2D eigenvalue weighted by Crippen LogP contribution is 2.66. The molecule has 0 saturated carbocycles. The fraction of sp³-hybridized carbons (Fsp3) is 0.955. The molecule has 9 nitrogen and oxygen atoms in total. The van der Waals surface area contributed by atoms with E-state index in [1.807, 2.05) is 0 Å². The van der Waals surface area contributed by atoms with Crippen molar-refractivity contribution in [1.82, 2.24) is 0 Å².